The second kappa shape index (κ2) is 7.77. The number of nitrogens with zero attached hydrogens (tertiary/aromatic N) is 1. The van der Waals surface area contributed by atoms with Crippen molar-refractivity contribution in [2.45, 2.75) is 71.1 Å². The SMILES string of the molecule is CCOc1cc2c(cc1CN=C(N)NC1CCCCC1)OC(C)C2. The molecular formula is C19H29N3O2. The number of fused-ring (bicyclic) bond motifs is 1. The predicted octanol–water partition coefficient (Wildman–Crippen LogP) is 3.15. The fourth-order valence-electron chi connectivity index (χ4n) is 3.57. The average Bonchev–Trinajstić information content (AvgIpc) is 2.93. The molecule has 0 radical (unpaired) electrons. The van der Waals surface area contributed by atoms with Gasteiger partial charge in [0.05, 0.1) is 13.2 Å². The Morgan fingerprint density at radius 1 is 1.33 bits per heavy atom. The summed E-state index contributed by atoms with van der Waals surface area (Å²) in [7, 11) is 0. The van der Waals surface area contributed by atoms with E-state index in [1.165, 1.54) is 37.7 Å². The highest BCUT2D eigenvalue weighted by molar-refractivity contribution is 5.78. The van der Waals surface area contributed by atoms with Crippen LogP contribution in [0, 0.1) is 0 Å². The van der Waals surface area contributed by atoms with Crippen LogP contribution in [0.2, 0.25) is 0 Å². The van der Waals surface area contributed by atoms with Crippen LogP contribution in [0.4, 0.5) is 0 Å². The Morgan fingerprint density at radius 3 is 2.88 bits per heavy atom. The number of nitrogens with two attached hydrogens (primary N) is 1. The Morgan fingerprint density at radius 2 is 2.12 bits per heavy atom. The van der Waals surface area contributed by atoms with Gasteiger partial charge in [-0.05, 0) is 38.8 Å². The first kappa shape index (κ1) is 16.9. The predicted molar refractivity (Wildman–Crippen MR) is 96.7 cm³/mol. The summed E-state index contributed by atoms with van der Waals surface area (Å²) in [6.07, 6.45) is 7.42. The van der Waals surface area contributed by atoms with Gasteiger partial charge in [0, 0.05) is 23.6 Å². The second-order valence-electron chi connectivity index (χ2n) is 6.81. The van der Waals surface area contributed by atoms with Gasteiger partial charge in [-0.25, -0.2) is 4.99 Å². The zero-order chi connectivity index (χ0) is 16.9. The minimum Gasteiger partial charge on any atom is -0.494 e. The van der Waals surface area contributed by atoms with Crippen molar-refractivity contribution in [3.05, 3.63) is 23.3 Å². The highest BCUT2D eigenvalue weighted by atomic mass is 16.5. The lowest BCUT2D eigenvalue weighted by molar-refractivity contribution is 0.254. The first-order valence-electron chi connectivity index (χ1n) is 9.17. The molecule has 0 saturated heterocycles. The van der Waals surface area contributed by atoms with E-state index in [4.69, 9.17) is 15.2 Å². The molecule has 0 aromatic heterocycles. The van der Waals surface area contributed by atoms with E-state index in [2.05, 4.69) is 29.4 Å². The van der Waals surface area contributed by atoms with E-state index in [1.54, 1.807) is 0 Å². The van der Waals surface area contributed by atoms with Gasteiger partial charge in [-0.15, -0.1) is 0 Å². The smallest absolute Gasteiger partial charge is 0.189 e. The third kappa shape index (κ3) is 4.13. The molecule has 1 aliphatic heterocycles. The van der Waals surface area contributed by atoms with Crippen LogP contribution < -0.4 is 20.5 Å². The van der Waals surface area contributed by atoms with Crippen molar-refractivity contribution < 1.29 is 9.47 Å². The molecule has 1 unspecified atom stereocenters. The van der Waals surface area contributed by atoms with Gasteiger partial charge in [-0.1, -0.05) is 19.3 Å². The van der Waals surface area contributed by atoms with E-state index in [0.717, 1.165) is 23.5 Å². The minimum atomic E-state index is 0.228. The lowest BCUT2D eigenvalue weighted by Gasteiger charge is -2.23. The third-order valence-corrected chi connectivity index (χ3v) is 4.76. The zero-order valence-electron chi connectivity index (χ0n) is 14.8. The van der Waals surface area contributed by atoms with Crippen LogP contribution in [-0.2, 0) is 13.0 Å². The summed E-state index contributed by atoms with van der Waals surface area (Å²) < 4.78 is 11.7. The number of hydrogen-bond donors (Lipinski definition) is 2. The molecule has 1 aliphatic carbocycles. The molecule has 1 heterocycles. The van der Waals surface area contributed by atoms with Crippen molar-refractivity contribution in [3.8, 4) is 11.5 Å². The first-order chi connectivity index (χ1) is 11.7. The lowest BCUT2D eigenvalue weighted by Crippen LogP contribution is -2.41. The topological polar surface area (TPSA) is 68.9 Å². The Hall–Kier alpha value is -1.91. The van der Waals surface area contributed by atoms with Gasteiger partial charge in [0.15, 0.2) is 5.96 Å². The van der Waals surface area contributed by atoms with Crippen LogP contribution in [0.5, 0.6) is 11.5 Å². The molecule has 1 saturated carbocycles. The Labute approximate surface area is 144 Å². The van der Waals surface area contributed by atoms with Gasteiger partial charge < -0.3 is 20.5 Å². The summed E-state index contributed by atoms with van der Waals surface area (Å²) in [4.78, 5) is 4.52. The molecule has 0 spiro atoms. The summed E-state index contributed by atoms with van der Waals surface area (Å²) in [6, 6.07) is 4.62. The van der Waals surface area contributed by atoms with Gasteiger partial charge in [-0.2, -0.15) is 0 Å². The molecule has 3 rings (SSSR count). The third-order valence-electron chi connectivity index (χ3n) is 4.76. The highest BCUT2D eigenvalue weighted by Crippen LogP contribution is 2.35. The molecule has 24 heavy (non-hydrogen) atoms. The van der Waals surface area contributed by atoms with E-state index < -0.39 is 0 Å². The fraction of sp³-hybridized carbons (Fsp3) is 0.632. The summed E-state index contributed by atoms with van der Waals surface area (Å²) in [6.45, 7) is 5.23. The number of hydrogen-bond acceptors (Lipinski definition) is 3. The highest BCUT2D eigenvalue weighted by Gasteiger charge is 2.22. The Kier molecular flexibility index (Phi) is 5.48. The molecule has 0 amide bonds. The minimum absolute atomic E-state index is 0.228. The number of benzene rings is 1. The summed E-state index contributed by atoms with van der Waals surface area (Å²) >= 11 is 0. The monoisotopic (exact) mass is 331 g/mol. The average molecular weight is 331 g/mol. The van der Waals surface area contributed by atoms with Crippen LogP contribution >= 0.6 is 0 Å². The van der Waals surface area contributed by atoms with Gasteiger partial charge >= 0.3 is 0 Å². The summed E-state index contributed by atoms with van der Waals surface area (Å²) in [5, 5.41) is 3.36. The van der Waals surface area contributed by atoms with E-state index >= 15 is 0 Å². The second-order valence-corrected chi connectivity index (χ2v) is 6.81. The number of guanidine groups is 1. The van der Waals surface area contributed by atoms with Crippen molar-refractivity contribution in [1.82, 2.24) is 5.32 Å². The molecule has 0 bridgehead atoms. The maximum absolute atomic E-state index is 6.08. The molecule has 2 aliphatic rings. The molecule has 1 atom stereocenters. The van der Waals surface area contributed by atoms with E-state index in [9.17, 15) is 0 Å². The van der Waals surface area contributed by atoms with Crippen LogP contribution in [-0.4, -0.2) is 24.7 Å². The number of aliphatic imine (C=N–C) groups is 1. The first-order valence-corrected chi connectivity index (χ1v) is 9.17. The maximum Gasteiger partial charge on any atom is 0.189 e. The largest absolute Gasteiger partial charge is 0.494 e. The van der Waals surface area contributed by atoms with Gasteiger partial charge in [0.25, 0.3) is 0 Å². The Bertz CT molecular complexity index is 595. The quantitative estimate of drug-likeness (QED) is 0.642. The molecule has 1 fully saturated rings. The number of ether oxygens (including phenoxy) is 2. The zero-order valence-corrected chi connectivity index (χ0v) is 14.8. The summed E-state index contributed by atoms with van der Waals surface area (Å²) in [5.74, 6) is 2.37. The normalized spacial score (nSPS) is 21.2. The van der Waals surface area contributed by atoms with E-state index in [0.29, 0.717) is 25.2 Å². The van der Waals surface area contributed by atoms with Crippen molar-refractivity contribution in [1.29, 1.82) is 0 Å². The van der Waals surface area contributed by atoms with Crippen molar-refractivity contribution in [2.75, 3.05) is 6.61 Å². The van der Waals surface area contributed by atoms with E-state index in [1.807, 2.05) is 6.92 Å². The molecule has 5 heteroatoms. The van der Waals surface area contributed by atoms with E-state index in [-0.39, 0.29) is 6.10 Å². The fourth-order valence-corrected chi connectivity index (χ4v) is 3.57. The van der Waals surface area contributed by atoms with Crippen LogP contribution in [0.15, 0.2) is 17.1 Å². The van der Waals surface area contributed by atoms with Crippen molar-refractivity contribution in [2.24, 2.45) is 10.7 Å². The lowest BCUT2D eigenvalue weighted by atomic mass is 9.96. The van der Waals surface area contributed by atoms with Crippen molar-refractivity contribution in [3.63, 3.8) is 0 Å². The molecule has 1 aromatic carbocycles. The van der Waals surface area contributed by atoms with Crippen LogP contribution in [0.25, 0.3) is 0 Å². The van der Waals surface area contributed by atoms with Gasteiger partial charge in [0.2, 0.25) is 0 Å². The molecule has 1 aromatic rings. The van der Waals surface area contributed by atoms with Crippen molar-refractivity contribution >= 4 is 5.96 Å². The molecule has 5 nitrogen and oxygen atoms in total. The Balaban J connectivity index is 1.69. The summed E-state index contributed by atoms with van der Waals surface area (Å²) in [5.41, 5.74) is 8.32. The molecular weight excluding hydrogens is 302 g/mol. The number of nitrogens with one attached hydrogen (secondary N) is 1. The number of rotatable bonds is 5. The molecule has 3 N–H and O–H groups in total. The van der Waals surface area contributed by atoms with Gasteiger partial charge in [-0.3, -0.25) is 0 Å². The van der Waals surface area contributed by atoms with Crippen LogP contribution in [0.1, 0.15) is 57.1 Å². The van der Waals surface area contributed by atoms with Crippen LogP contribution in [0.3, 0.4) is 0 Å². The van der Waals surface area contributed by atoms with Gasteiger partial charge in [0.1, 0.15) is 17.6 Å². The molecule has 132 valence electrons. The maximum atomic E-state index is 6.08. The standard InChI is InChI=1S/C19H29N3O2/c1-3-23-17-10-14-9-13(2)24-18(14)11-15(17)12-21-19(20)22-16-7-5-4-6-8-16/h10-11,13,16H,3-9,12H2,1-2H3,(H3,20,21,22).